The molecule has 0 bridgehead atoms. The number of nitrogens with zero attached hydrogens (tertiary/aromatic N) is 2. The molecule has 152 valence electrons. The average Bonchev–Trinajstić information content (AvgIpc) is 2.76. The molecular formula is C25H24N2O2S. The van der Waals surface area contributed by atoms with Gasteiger partial charge < -0.3 is 4.90 Å². The molecule has 0 aromatic heterocycles. The first-order valence-corrected chi connectivity index (χ1v) is 11.1. The smallest absolute Gasteiger partial charge is 0.255 e. The molecular weight excluding hydrogens is 392 g/mol. The number of amides is 2. The Hall–Kier alpha value is -3.05. The van der Waals surface area contributed by atoms with Crippen LogP contribution in [0.5, 0.6) is 0 Å². The molecule has 4 rings (SSSR count). The summed E-state index contributed by atoms with van der Waals surface area (Å²) >= 11 is 1.65. The summed E-state index contributed by atoms with van der Waals surface area (Å²) in [6, 6.07) is 22.6. The lowest BCUT2D eigenvalue weighted by molar-refractivity contribution is -0.128. The van der Waals surface area contributed by atoms with Gasteiger partial charge in [0.05, 0.1) is 0 Å². The Balaban J connectivity index is 1.79. The maximum atomic E-state index is 13.7. The van der Waals surface area contributed by atoms with Crippen molar-refractivity contribution in [2.45, 2.75) is 24.8 Å². The van der Waals surface area contributed by atoms with E-state index < -0.39 is 6.04 Å². The van der Waals surface area contributed by atoms with Crippen molar-refractivity contribution in [1.29, 1.82) is 0 Å². The lowest BCUT2D eigenvalue weighted by Crippen LogP contribution is -2.56. The SMILES string of the molecule is CSc1ccc(C2C(=O)N(c3ccc(C)cc3)CC(=O)N2c2ccc(C)cc2)cc1. The normalized spacial score (nSPS) is 16.8. The Morgan fingerprint density at radius 1 is 0.767 bits per heavy atom. The fourth-order valence-electron chi connectivity index (χ4n) is 3.71. The maximum Gasteiger partial charge on any atom is 0.255 e. The van der Waals surface area contributed by atoms with Gasteiger partial charge in [0.15, 0.2) is 0 Å². The fraction of sp³-hybridized carbons (Fsp3) is 0.200. The second-order valence-corrected chi connectivity index (χ2v) is 8.41. The number of rotatable bonds is 4. The van der Waals surface area contributed by atoms with E-state index in [0.29, 0.717) is 0 Å². The van der Waals surface area contributed by atoms with Gasteiger partial charge in [-0.1, -0.05) is 47.5 Å². The van der Waals surface area contributed by atoms with Crippen molar-refractivity contribution in [2.75, 3.05) is 22.6 Å². The van der Waals surface area contributed by atoms with Crippen molar-refractivity contribution >= 4 is 35.0 Å². The molecule has 4 nitrogen and oxygen atoms in total. The Morgan fingerprint density at radius 2 is 1.30 bits per heavy atom. The number of anilines is 2. The van der Waals surface area contributed by atoms with E-state index in [1.807, 2.05) is 92.9 Å². The van der Waals surface area contributed by atoms with Crippen LogP contribution < -0.4 is 9.80 Å². The molecule has 30 heavy (non-hydrogen) atoms. The van der Waals surface area contributed by atoms with Gasteiger partial charge in [-0.3, -0.25) is 14.5 Å². The van der Waals surface area contributed by atoms with Gasteiger partial charge in [-0.2, -0.15) is 0 Å². The summed E-state index contributed by atoms with van der Waals surface area (Å²) in [5.41, 5.74) is 4.51. The third-order valence-corrected chi connectivity index (χ3v) is 6.15. The van der Waals surface area contributed by atoms with Gasteiger partial charge in [-0.05, 0) is 62.1 Å². The first kappa shape index (κ1) is 20.2. The Bertz CT molecular complexity index is 1060. The van der Waals surface area contributed by atoms with E-state index in [2.05, 4.69) is 0 Å². The largest absolute Gasteiger partial charge is 0.301 e. The molecule has 3 aromatic rings. The number of thioether (sulfide) groups is 1. The number of aryl methyl sites for hydroxylation is 2. The van der Waals surface area contributed by atoms with Crippen molar-refractivity contribution in [3.8, 4) is 0 Å². The van der Waals surface area contributed by atoms with E-state index in [-0.39, 0.29) is 18.4 Å². The second-order valence-electron chi connectivity index (χ2n) is 7.53. The van der Waals surface area contributed by atoms with Crippen LogP contribution in [-0.4, -0.2) is 24.6 Å². The second kappa shape index (κ2) is 8.36. The van der Waals surface area contributed by atoms with Gasteiger partial charge in [0.2, 0.25) is 5.91 Å². The van der Waals surface area contributed by atoms with Crippen LogP contribution in [0.1, 0.15) is 22.7 Å². The van der Waals surface area contributed by atoms with Crippen LogP contribution in [0.25, 0.3) is 0 Å². The lowest BCUT2D eigenvalue weighted by Gasteiger charge is -2.40. The molecule has 0 N–H and O–H groups in total. The third kappa shape index (κ3) is 3.85. The van der Waals surface area contributed by atoms with Crippen LogP contribution in [0.4, 0.5) is 11.4 Å². The van der Waals surface area contributed by atoms with Crippen LogP contribution >= 0.6 is 11.8 Å². The molecule has 1 atom stereocenters. The molecule has 1 unspecified atom stereocenters. The summed E-state index contributed by atoms with van der Waals surface area (Å²) in [4.78, 5) is 31.4. The lowest BCUT2D eigenvalue weighted by atomic mass is 9.99. The molecule has 1 fully saturated rings. The summed E-state index contributed by atoms with van der Waals surface area (Å²) in [6.45, 7) is 4.03. The monoisotopic (exact) mass is 416 g/mol. The van der Waals surface area contributed by atoms with Gasteiger partial charge in [0, 0.05) is 16.3 Å². The van der Waals surface area contributed by atoms with Crippen molar-refractivity contribution < 1.29 is 9.59 Å². The fourth-order valence-corrected chi connectivity index (χ4v) is 4.12. The van der Waals surface area contributed by atoms with Gasteiger partial charge in [-0.15, -0.1) is 11.8 Å². The van der Waals surface area contributed by atoms with Crippen LogP contribution in [0.15, 0.2) is 77.7 Å². The molecule has 0 aliphatic carbocycles. The first-order valence-electron chi connectivity index (χ1n) is 9.88. The predicted molar refractivity (Wildman–Crippen MR) is 123 cm³/mol. The Labute approximate surface area is 181 Å². The van der Waals surface area contributed by atoms with Crippen LogP contribution in [-0.2, 0) is 9.59 Å². The van der Waals surface area contributed by atoms with Crippen molar-refractivity contribution in [3.05, 3.63) is 89.5 Å². The molecule has 5 heteroatoms. The summed E-state index contributed by atoms with van der Waals surface area (Å²) in [5, 5.41) is 0. The molecule has 2 amide bonds. The molecule has 0 radical (unpaired) electrons. The number of hydrogen-bond acceptors (Lipinski definition) is 3. The van der Waals surface area contributed by atoms with Crippen molar-refractivity contribution in [1.82, 2.24) is 0 Å². The number of hydrogen-bond donors (Lipinski definition) is 0. The highest BCUT2D eigenvalue weighted by molar-refractivity contribution is 7.98. The highest BCUT2D eigenvalue weighted by atomic mass is 32.2. The topological polar surface area (TPSA) is 40.6 Å². The van der Waals surface area contributed by atoms with E-state index >= 15 is 0 Å². The minimum absolute atomic E-state index is 0.0230. The van der Waals surface area contributed by atoms with E-state index in [0.717, 1.165) is 33.0 Å². The number of carbonyl (C=O) groups is 2. The van der Waals surface area contributed by atoms with Crippen LogP contribution in [0, 0.1) is 13.8 Å². The zero-order valence-electron chi connectivity index (χ0n) is 17.3. The molecule has 1 aliphatic heterocycles. The average molecular weight is 417 g/mol. The van der Waals surface area contributed by atoms with Gasteiger partial charge in [-0.25, -0.2) is 0 Å². The standard InChI is InChI=1S/C25H24N2O2S/c1-17-4-10-20(11-5-17)26-16-23(28)27(21-12-6-18(2)7-13-21)24(25(26)29)19-8-14-22(30-3)15-9-19/h4-15,24H,16H2,1-3H3. The van der Waals surface area contributed by atoms with E-state index in [1.54, 1.807) is 21.6 Å². The molecule has 1 heterocycles. The zero-order chi connectivity index (χ0) is 21.3. The zero-order valence-corrected chi connectivity index (χ0v) is 18.1. The molecule has 1 saturated heterocycles. The van der Waals surface area contributed by atoms with Crippen molar-refractivity contribution in [2.24, 2.45) is 0 Å². The number of piperazine rings is 1. The summed E-state index contributed by atoms with van der Waals surface area (Å²) in [7, 11) is 0. The minimum Gasteiger partial charge on any atom is -0.301 e. The quantitative estimate of drug-likeness (QED) is 0.553. The molecule has 0 saturated carbocycles. The van der Waals surface area contributed by atoms with E-state index in [1.165, 1.54) is 0 Å². The third-order valence-electron chi connectivity index (χ3n) is 5.41. The Kier molecular flexibility index (Phi) is 5.64. The highest BCUT2D eigenvalue weighted by Gasteiger charge is 2.41. The van der Waals surface area contributed by atoms with Gasteiger partial charge in [0.1, 0.15) is 12.6 Å². The molecule has 1 aliphatic rings. The first-order chi connectivity index (χ1) is 14.5. The summed E-state index contributed by atoms with van der Waals surface area (Å²) in [6.07, 6.45) is 2.02. The Morgan fingerprint density at radius 3 is 1.83 bits per heavy atom. The summed E-state index contributed by atoms with van der Waals surface area (Å²) in [5.74, 6) is -0.200. The van der Waals surface area contributed by atoms with E-state index in [9.17, 15) is 9.59 Å². The number of benzene rings is 3. The van der Waals surface area contributed by atoms with Gasteiger partial charge >= 0.3 is 0 Å². The maximum absolute atomic E-state index is 13.7. The molecule has 3 aromatic carbocycles. The number of carbonyl (C=O) groups excluding carboxylic acids is 2. The van der Waals surface area contributed by atoms with Crippen molar-refractivity contribution in [3.63, 3.8) is 0 Å². The van der Waals surface area contributed by atoms with Crippen LogP contribution in [0.3, 0.4) is 0 Å². The molecule has 0 spiro atoms. The van der Waals surface area contributed by atoms with Crippen LogP contribution in [0.2, 0.25) is 0 Å². The van der Waals surface area contributed by atoms with E-state index in [4.69, 9.17) is 0 Å². The summed E-state index contributed by atoms with van der Waals surface area (Å²) < 4.78 is 0. The predicted octanol–water partition coefficient (Wildman–Crippen LogP) is 5.15. The van der Waals surface area contributed by atoms with Gasteiger partial charge in [0.25, 0.3) is 5.91 Å². The highest BCUT2D eigenvalue weighted by Crippen LogP contribution is 2.35. The minimum atomic E-state index is -0.703.